The first-order chi connectivity index (χ1) is 10.3. The normalized spacial score (nSPS) is 12.7. The Balaban J connectivity index is 2.24. The highest BCUT2D eigenvalue weighted by Gasteiger charge is 2.17. The van der Waals surface area contributed by atoms with Gasteiger partial charge in [0.15, 0.2) is 0 Å². The molecule has 7 heteroatoms. The van der Waals surface area contributed by atoms with Crippen LogP contribution >= 0.6 is 11.6 Å². The van der Waals surface area contributed by atoms with E-state index in [0.29, 0.717) is 0 Å². The van der Waals surface area contributed by atoms with Gasteiger partial charge in [-0.25, -0.2) is 13.6 Å². The van der Waals surface area contributed by atoms with E-state index in [1.807, 2.05) is 37.3 Å². The second-order valence-corrected chi connectivity index (χ2v) is 6.73. The van der Waals surface area contributed by atoms with Gasteiger partial charge in [0.25, 0.3) is 5.91 Å². The predicted octanol–water partition coefficient (Wildman–Crippen LogP) is 2.48. The van der Waals surface area contributed by atoms with Crippen molar-refractivity contribution in [1.29, 1.82) is 0 Å². The van der Waals surface area contributed by atoms with Gasteiger partial charge in [-0.05, 0) is 30.7 Å². The van der Waals surface area contributed by atoms with E-state index in [1.165, 1.54) is 18.2 Å². The molecular weight excluding hydrogens is 324 g/mol. The van der Waals surface area contributed by atoms with Gasteiger partial charge in [0.2, 0.25) is 10.0 Å². The Hall–Kier alpha value is -1.89. The number of nitrogens with one attached hydrogen (secondary N) is 1. The lowest BCUT2D eigenvalue weighted by molar-refractivity contribution is 0.0939. The molecule has 1 unspecified atom stereocenters. The first-order valence-electron chi connectivity index (χ1n) is 6.47. The number of amides is 1. The van der Waals surface area contributed by atoms with Crippen molar-refractivity contribution in [3.63, 3.8) is 0 Å². The van der Waals surface area contributed by atoms with Gasteiger partial charge < -0.3 is 5.32 Å². The predicted molar refractivity (Wildman–Crippen MR) is 85.1 cm³/mol. The third-order valence-electron chi connectivity index (χ3n) is 3.15. The topological polar surface area (TPSA) is 89.3 Å². The van der Waals surface area contributed by atoms with Crippen LogP contribution in [0.3, 0.4) is 0 Å². The fraction of sp³-hybridized carbons (Fsp3) is 0.133. The molecule has 0 aromatic heterocycles. The highest BCUT2D eigenvalue weighted by atomic mass is 35.5. The van der Waals surface area contributed by atoms with Crippen LogP contribution in [0.15, 0.2) is 53.4 Å². The maximum absolute atomic E-state index is 12.2. The Bertz CT molecular complexity index is 792. The zero-order chi connectivity index (χ0) is 16.3. The van der Waals surface area contributed by atoms with Gasteiger partial charge in [0.05, 0.1) is 11.1 Å². The largest absolute Gasteiger partial charge is 0.346 e. The van der Waals surface area contributed by atoms with E-state index in [-0.39, 0.29) is 21.5 Å². The van der Waals surface area contributed by atoms with E-state index >= 15 is 0 Å². The molecule has 1 atom stereocenters. The van der Waals surface area contributed by atoms with Crippen molar-refractivity contribution < 1.29 is 13.2 Å². The van der Waals surface area contributed by atoms with Gasteiger partial charge in [-0.3, -0.25) is 4.79 Å². The van der Waals surface area contributed by atoms with Crippen molar-refractivity contribution >= 4 is 27.5 Å². The number of sulfonamides is 1. The van der Waals surface area contributed by atoms with E-state index in [4.69, 9.17) is 16.7 Å². The van der Waals surface area contributed by atoms with E-state index in [9.17, 15) is 13.2 Å². The van der Waals surface area contributed by atoms with Gasteiger partial charge in [-0.15, -0.1) is 0 Å². The van der Waals surface area contributed by atoms with Crippen LogP contribution in [0.2, 0.25) is 5.02 Å². The molecule has 0 aliphatic carbocycles. The number of benzene rings is 2. The van der Waals surface area contributed by atoms with Crippen LogP contribution in [0.4, 0.5) is 0 Å². The molecule has 0 heterocycles. The lowest BCUT2D eigenvalue weighted by Crippen LogP contribution is -2.27. The second kappa shape index (κ2) is 6.48. The number of rotatable bonds is 4. The average Bonchev–Trinajstić information content (AvgIpc) is 2.47. The lowest BCUT2D eigenvalue weighted by Gasteiger charge is -2.14. The number of halogens is 1. The summed E-state index contributed by atoms with van der Waals surface area (Å²) < 4.78 is 22.9. The highest BCUT2D eigenvalue weighted by molar-refractivity contribution is 7.89. The fourth-order valence-corrected chi connectivity index (χ4v) is 3.04. The maximum atomic E-state index is 12.2. The summed E-state index contributed by atoms with van der Waals surface area (Å²) in [6, 6.07) is 13.2. The zero-order valence-corrected chi connectivity index (χ0v) is 13.4. The van der Waals surface area contributed by atoms with Gasteiger partial charge in [-0.2, -0.15) is 0 Å². The molecule has 0 aliphatic rings. The molecule has 0 saturated heterocycles. The fourth-order valence-electron chi connectivity index (χ4n) is 1.97. The van der Waals surface area contributed by atoms with Crippen LogP contribution in [0.5, 0.6) is 0 Å². The molecular formula is C15H15ClN2O3S. The second-order valence-electron chi connectivity index (χ2n) is 4.80. The van der Waals surface area contributed by atoms with Crippen LogP contribution in [-0.4, -0.2) is 14.3 Å². The van der Waals surface area contributed by atoms with Gasteiger partial charge >= 0.3 is 0 Å². The minimum absolute atomic E-state index is 0.0184. The summed E-state index contributed by atoms with van der Waals surface area (Å²) in [6.07, 6.45) is 0. The average molecular weight is 339 g/mol. The number of primary sulfonamides is 1. The van der Waals surface area contributed by atoms with Crippen LogP contribution in [-0.2, 0) is 10.0 Å². The Morgan fingerprint density at radius 1 is 1.18 bits per heavy atom. The zero-order valence-electron chi connectivity index (χ0n) is 11.8. The standard InChI is InChI=1S/C15H15ClN2O3S/c1-10(11-5-3-2-4-6-11)18-15(19)12-7-8-13(16)14(9-12)22(17,20)21/h2-10H,1H3,(H,18,19)(H2,17,20,21). The number of carbonyl (C=O) groups is 1. The van der Waals surface area contributed by atoms with Gasteiger partial charge in [0, 0.05) is 5.56 Å². The molecule has 5 nitrogen and oxygen atoms in total. The first-order valence-corrected chi connectivity index (χ1v) is 8.39. The van der Waals surface area contributed by atoms with Crippen LogP contribution in [0.25, 0.3) is 0 Å². The van der Waals surface area contributed by atoms with Crippen LogP contribution in [0.1, 0.15) is 28.9 Å². The van der Waals surface area contributed by atoms with E-state index < -0.39 is 15.9 Å². The number of hydrogen-bond donors (Lipinski definition) is 2. The molecule has 0 bridgehead atoms. The van der Waals surface area contributed by atoms with Crippen molar-refractivity contribution in [2.45, 2.75) is 17.9 Å². The third-order valence-corrected chi connectivity index (χ3v) is 4.54. The summed E-state index contributed by atoms with van der Waals surface area (Å²) in [5.41, 5.74) is 1.12. The summed E-state index contributed by atoms with van der Waals surface area (Å²) in [4.78, 5) is 12.0. The number of nitrogens with two attached hydrogens (primary N) is 1. The molecule has 0 fully saturated rings. The summed E-state index contributed by atoms with van der Waals surface area (Å²) in [7, 11) is -3.98. The smallest absolute Gasteiger partial charge is 0.251 e. The molecule has 0 saturated carbocycles. The van der Waals surface area contributed by atoms with Crippen molar-refractivity contribution in [3.8, 4) is 0 Å². The Kier molecular flexibility index (Phi) is 4.85. The molecule has 3 N–H and O–H groups in total. The molecule has 0 spiro atoms. The summed E-state index contributed by atoms with van der Waals surface area (Å²) in [6.45, 7) is 1.84. The lowest BCUT2D eigenvalue weighted by atomic mass is 10.1. The minimum atomic E-state index is -3.98. The molecule has 0 aliphatic heterocycles. The molecule has 2 aromatic carbocycles. The monoisotopic (exact) mass is 338 g/mol. The molecule has 0 radical (unpaired) electrons. The quantitative estimate of drug-likeness (QED) is 0.897. The molecule has 2 aromatic rings. The van der Waals surface area contributed by atoms with Crippen molar-refractivity contribution in [2.75, 3.05) is 0 Å². The molecule has 116 valence electrons. The summed E-state index contributed by atoms with van der Waals surface area (Å²) >= 11 is 5.80. The molecule has 1 amide bonds. The Morgan fingerprint density at radius 2 is 1.82 bits per heavy atom. The van der Waals surface area contributed by atoms with Crippen molar-refractivity contribution in [3.05, 3.63) is 64.7 Å². The number of hydrogen-bond acceptors (Lipinski definition) is 3. The molecule has 22 heavy (non-hydrogen) atoms. The summed E-state index contributed by atoms with van der Waals surface area (Å²) in [5.74, 6) is -0.405. The third kappa shape index (κ3) is 3.85. The highest BCUT2D eigenvalue weighted by Crippen LogP contribution is 2.22. The maximum Gasteiger partial charge on any atom is 0.251 e. The Labute approximate surface area is 134 Å². The van der Waals surface area contributed by atoms with Crippen molar-refractivity contribution in [2.24, 2.45) is 5.14 Å². The van der Waals surface area contributed by atoms with Gasteiger partial charge in [-0.1, -0.05) is 41.9 Å². The van der Waals surface area contributed by atoms with E-state index in [0.717, 1.165) is 5.56 Å². The molecule has 2 rings (SSSR count). The minimum Gasteiger partial charge on any atom is -0.346 e. The first kappa shape index (κ1) is 16.5. The van der Waals surface area contributed by atoms with Crippen LogP contribution in [0, 0.1) is 0 Å². The number of carbonyl (C=O) groups excluding carboxylic acids is 1. The Morgan fingerprint density at radius 3 is 2.41 bits per heavy atom. The van der Waals surface area contributed by atoms with Gasteiger partial charge in [0.1, 0.15) is 4.90 Å². The summed E-state index contributed by atoms with van der Waals surface area (Å²) in [5, 5.41) is 7.85. The van der Waals surface area contributed by atoms with E-state index in [2.05, 4.69) is 5.32 Å². The van der Waals surface area contributed by atoms with Crippen LogP contribution < -0.4 is 10.5 Å². The van der Waals surface area contributed by atoms with E-state index in [1.54, 1.807) is 0 Å². The SMILES string of the molecule is CC(NC(=O)c1ccc(Cl)c(S(N)(=O)=O)c1)c1ccccc1. The van der Waals surface area contributed by atoms with Crippen molar-refractivity contribution in [1.82, 2.24) is 5.32 Å².